The molecule has 2 aromatic carbocycles. The third-order valence-corrected chi connectivity index (χ3v) is 4.97. The number of hydrogen-bond acceptors (Lipinski definition) is 3. The van der Waals surface area contributed by atoms with E-state index in [2.05, 4.69) is 42.3 Å². The summed E-state index contributed by atoms with van der Waals surface area (Å²) in [4.78, 5) is 17.2. The van der Waals surface area contributed by atoms with Gasteiger partial charge in [-0.15, -0.1) is 0 Å². The van der Waals surface area contributed by atoms with E-state index in [0.29, 0.717) is 12.8 Å². The Hall–Kier alpha value is -3.08. The summed E-state index contributed by atoms with van der Waals surface area (Å²) < 4.78 is 7.27. The molecule has 1 atom stereocenters. The van der Waals surface area contributed by atoms with Crippen LogP contribution in [-0.4, -0.2) is 22.6 Å². The molecule has 0 aliphatic rings. The van der Waals surface area contributed by atoms with E-state index in [1.807, 2.05) is 42.1 Å². The van der Waals surface area contributed by atoms with Crippen molar-refractivity contribution in [2.75, 3.05) is 7.11 Å². The van der Waals surface area contributed by atoms with E-state index < -0.39 is 0 Å². The van der Waals surface area contributed by atoms with E-state index in [1.165, 1.54) is 16.7 Å². The van der Waals surface area contributed by atoms with Gasteiger partial charge in [0.15, 0.2) is 0 Å². The second kappa shape index (κ2) is 8.74. The van der Waals surface area contributed by atoms with Crippen molar-refractivity contribution in [2.24, 2.45) is 7.05 Å². The van der Waals surface area contributed by atoms with Crippen LogP contribution in [0.3, 0.4) is 0 Å². The lowest BCUT2D eigenvalue weighted by Crippen LogP contribution is -2.31. The third kappa shape index (κ3) is 4.60. The molecule has 1 unspecified atom stereocenters. The quantitative estimate of drug-likeness (QED) is 0.680. The van der Waals surface area contributed by atoms with Gasteiger partial charge in [0, 0.05) is 25.9 Å². The molecule has 0 saturated carbocycles. The number of hydrogen-bond donors (Lipinski definition) is 1. The molecule has 1 heterocycles. The molecule has 1 aromatic heterocycles. The second-order valence-electron chi connectivity index (χ2n) is 7.10. The molecule has 1 N–H and O–H groups in total. The fourth-order valence-corrected chi connectivity index (χ4v) is 3.38. The summed E-state index contributed by atoms with van der Waals surface area (Å²) in [6.07, 6.45) is 4.76. The minimum absolute atomic E-state index is 0.00389. The highest BCUT2D eigenvalue weighted by Gasteiger charge is 2.21. The van der Waals surface area contributed by atoms with Crippen LogP contribution in [0.15, 0.2) is 54.9 Å². The number of carbonyl (C=O) groups excluding carboxylic acids is 1. The van der Waals surface area contributed by atoms with Crippen molar-refractivity contribution in [1.29, 1.82) is 0 Å². The predicted molar refractivity (Wildman–Crippen MR) is 110 cm³/mol. The molecule has 0 bridgehead atoms. The van der Waals surface area contributed by atoms with Gasteiger partial charge >= 0.3 is 0 Å². The molecule has 0 aliphatic carbocycles. The van der Waals surface area contributed by atoms with Crippen LogP contribution in [0, 0.1) is 13.8 Å². The minimum Gasteiger partial charge on any atom is -0.497 e. The minimum atomic E-state index is -0.332. The van der Waals surface area contributed by atoms with Crippen molar-refractivity contribution in [3.8, 4) is 5.75 Å². The number of carbonyl (C=O) groups is 1. The number of aryl methyl sites for hydroxylation is 4. The summed E-state index contributed by atoms with van der Waals surface area (Å²) in [7, 11) is 3.56. The van der Waals surface area contributed by atoms with Crippen LogP contribution in [0.4, 0.5) is 0 Å². The van der Waals surface area contributed by atoms with Gasteiger partial charge < -0.3 is 14.6 Å². The lowest BCUT2D eigenvalue weighted by atomic mass is 10.0. The topological polar surface area (TPSA) is 56.1 Å². The molecule has 146 valence electrons. The summed E-state index contributed by atoms with van der Waals surface area (Å²) in [6, 6.07) is 13.7. The van der Waals surface area contributed by atoms with E-state index in [0.717, 1.165) is 17.1 Å². The number of aromatic nitrogens is 2. The number of imidazole rings is 1. The molecular weight excluding hydrogens is 350 g/mol. The van der Waals surface area contributed by atoms with Crippen molar-refractivity contribution in [2.45, 2.75) is 32.7 Å². The highest BCUT2D eigenvalue weighted by atomic mass is 16.5. The zero-order valence-electron chi connectivity index (χ0n) is 16.9. The Morgan fingerprint density at radius 2 is 2.04 bits per heavy atom. The number of nitrogens with zero attached hydrogens (tertiary/aromatic N) is 2. The van der Waals surface area contributed by atoms with Crippen LogP contribution >= 0.6 is 0 Å². The van der Waals surface area contributed by atoms with Gasteiger partial charge in [0.25, 0.3) is 0 Å². The molecule has 0 fully saturated rings. The van der Waals surface area contributed by atoms with Crippen molar-refractivity contribution in [3.63, 3.8) is 0 Å². The average molecular weight is 377 g/mol. The molecule has 28 heavy (non-hydrogen) atoms. The molecule has 5 nitrogen and oxygen atoms in total. The summed E-state index contributed by atoms with van der Waals surface area (Å²) >= 11 is 0. The van der Waals surface area contributed by atoms with E-state index in [-0.39, 0.29) is 11.9 Å². The van der Waals surface area contributed by atoms with Crippen molar-refractivity contribution in [1.82, 2.24) is 14.9 Å². The van der Waals surface area contributed by atoms with Gasteiger partial charge in [-0.25, -0.2) is 4.98 Å². The van der Waals surface area contributed by atoms with E-state index in [4.69, 9.17) is 4.74 Å². The van der Waals surface area contributed by atoms with Crippen molar-refractivity contribution < 1.29 is 9.53 Å². The van der Waals surface area contributed by atoms with Gasteiger partial charge in [-0.3, -0.25) is 4.79 Å². The Morgan fingerprint density at radius 3 is 2.71 bits per heavy atom. The lowest BCUT2D eigenvalue weighted by molar-refractivity contribution is -0.121. The Morgan fingerprint density at radius 1 is 1.21 bits per heavy atom. The van der Waals surface area contributed by atoms with Crippen LogP contribution in [0.25, 0.3) is 0 Å². The first-order valence-corrected chi connectivity index (χ1v) is 9.44. The SMILES string of the molecule is COc1cccc(C(NC(=O)CCc2ccc(C)cc2C)c2nccn2C)c1. The van der Waals surface area contributed by atoms with Gasteiger partial charge in [0.1, 0.15) is 17.6 Å². The van der Waals surface area contributed by atoms with Gasteiger partial charge in [0.05, 0.1) is 7.11 Å². The summed E-state index contributed by atoms with van der Waals surface area (Å²) in [5, 5.41) is 3.15. The number of methoxy groups -OCH3 is 1. The first-order valence-electron chi connectivity index (χ1n) is 9.44. The van der Waals surface area contributed by atoms with Crippen LogP contribution in [-0.2, 0) is 18.3 Å². The molecule has 0 radical (unpaired) electrons. The van der Waals surface area contributed by atoms with Gasteiger partial charge in [-0.2, -0.15) is 0 Å². The largest absolute Gasteiger partial charge is 0.497 e. The molecule has 0 saturated heterocycles. The normalized spacial score (nSPS) is 11.9. The molecular formula is C23H27N3O2. The number of amides is 1. The lowest BCUT2D eigenvalue weighted by Gasteiger charge is -2.20. The third-order valence-electron chi connectivity index (χ3n) is 4.97. The van der Waals surface area contributed by atoms with Gasteiger partial charge in [-0.05, 0) is 49.1 Å². The fourth-order valence-electron chi connectivity index (χ4n) is 3.38. The van der Waals surface area contributed by atoms with Gasteiger partial charge in [-0.1, -0.05) is 35.9 Å². The maximum atomic E-state index is 12.8. The maximum absolute atomic E-state index is 12.8. The van der Waals surface area contributed by atoms with Crippen LogP contribution < -0.4 is 10.1 Å². The zero-order chi connectivity index (χ0) is 20.1. The fraction of sp³-hybridized carbons (Fsp3) is 0.304. The molecule has 5 heteroatoms. The predicted octanol–water partition coefficient (Wildman–Crippen LogP) is 3.88. The molecule has 3 rings (SSSR count). The molecule has 3 aromatic rings. The highest BCUT2D eigenvalue weighted by Crippen LogP contribution is 2.24. The summed E-state index contributed by atoms with van der Waals surface area (Å²) in [5.74, 6) is 1.53. The first-order chi connectivity index (χ1) is 13.5. The second-order valence-corrected chi connectivity index (χ2v) is 7.10. The van der Waals surface area contributed by atoms with Gasteiger partial charge in [0.2, 0.25) is 5.91 Å². The summed E-state index contributed by atoms with van der Waals surface area (Å²) in [6.45, 7) is 4.17. The molecule has 0 aliphatic heterocycles. The standard InChI is InChI=1S/C23H27N3O2/c1-16-8-9-18(17(2)14-16)10-11-21(27)25-22(23-24-12-13-26(23)3)19-6-5-7-20(15-19)28-4/h5-9,12-15,22H,10-11H2,1-4H3,(H,25,27). The van der Waals surface area contributed by atoms with Crippen LogP contribution in [0.1, 0.15) is 40.5 Å². The Bertz CT molecular complexity index is 962. The number of ether oxygens (including phenoxy) is 1. The Balaban J connectivity index is 1.77. The number of benzene rings is 2. The average Bonchev–Trinajstić information content (AvgIpc) is 3.11. The van der Waals surface area contributed by atoms with E-state index in [9.17, 15) is 4.79 Å². The van der Waals surface area contributed by atoms with E-state index in [1.54, 1.807) is 13.3 Å². The number of nitrogens with one attached hydrogen (secondary N) is 1. The highest BCUT2D eigenvalue weighted by molar-refractivity contribution is 5.77. The number of rotatable bonds is 7. The van der Waals surface area contributed by atoms with Crippen molar-refractivity contribution in [3.05, 3.63) is 82.9 Å². The Labute approximate surface area is 166 Å². The monoisotopic (exact) mass is 377 g/mol. The Kier molecular flexibility index (Phi) is 6.14. The van der Waals surface area contributed by atoms with Crippen LogP contribution in [0.5, 0.6) is 5.75 Å². The van der Waals surface area contributed by atoms with Crippen molar-refractivity contribution >= 4 is 5.91 Å². The smallest absolute Gasteiger partial charge is 0.221 e. The van der Waals surface area contributed by atoms with E-state index >= 15 is 0 Å². The molecule has 1 amide bonds. The maximum Gasteiger partial charge on any atom is 0.221 e. The first kappa shape index (κ1) is 19.7. The zero-order valence-corrected chi connectivity index (χ0v) is 16.9. The molecule has 0 spiro atoms. The summed E-state index contributed by atoms with van der Waals surface area (Å²) in [5.41, 5.74) is 4.60. The van der Waals surface area contributed by atoms with Crippen LogP contribution in [0.2, 0.25) is 0 Å².